The Morgan fingerprint density at radius 3 is 2.40 bits per heavy atom. The first-order valence-electron chi connectivity index (χ1n) is 8.64. The summed E-state index contributed by atoms with van der Waals surface area (Å²) < 4.78 is 0. The van der Waals surface area contributed by atoms with Crippen LogP contribution in [-0.4, -0.2) is 26.6 Å². The van der Waals surface area contributed by atoms with E-state index < -0.39 is 23.0 Å². The number of carbonyl (C=O) groups excluding carboxylic acids is 2. The summed E-state index contributed by atoms with van der Waals surface area (Å²) in [6, 6.07) is 12.0. The molecule has 0 fully saturated rings. The summed E-state index contributed by atoms with van der Waals surface area (Å²) >= 11 is 12.0. The van der Waals surface area contributed by atoms with Crippen LogP contribution >= 0.6 is 23.2 Å². The molecule has 8 nitrogen and oxygen atoms in total. The highest BCUT2D eigenvalue weighted by Crippen LogP contribution is 2.27. The van der Waals surface area contributed by atoms with Gasteiger partial charge in [-0.1, -0.05) is 35.3 Å². The van der Waals surface area contributed by atoms with Crippen molar-refractivity contribution in [1.29, 1.82) is 0 Å². The van der Waals surface area contributed by atoms with Crippen LogP contribution in [0.15, 0.2) is 60.9 Å². The van der Waals surface area contributed by atoms with E-state index in [0.717, 1.165) is 0 Å². The zero-order valence-corrected chi connectivity index (χ0v) is 16.9. The van der Waals surface area contributed by atoms with Gasteiger partial charge in [0.05, 0.1) is 33.6 Å². The molecule has 0 saturated carbocycles. The smallest absolute Gasteiger partial charge is 0.271 e. The summed E-state index contributed by atoms with van der Waals surface area (Å²) in [6.45, 7) is 0.0276. The first-order valence-corrected chi connectivity index (χ1v) is 9.39. The number of non-ortho nitro benzene ring substituents is 1. The Labute approximate surface area is 181 Å². The van der Waals surface area contributed by atoms with E-state index in [2.05, 4.69) is 9.97 Å². The van der Waals surface area contributed by atoms with Gasteiger partial charge >= 0.3 is 0 Å². The van der Waals surface area contributed by atoms with Crippen LogP contribution in [0.25, 0.3) is 0 Å². The lowest BCUT2D eigenvalue weighted by molar-refractivity contribution is -0.384. The molecule has 1 aromatic heterocycles. The number of anilines is 1. The summed E-state index contributed by atoms with van der Waals surface area (Å²) in [6.07, 6.45) is 2.30. The minimum Gasteiger partial charge on any atom is -0.307 e. The van der Waals surface area contributed by atoms with Crippen LogP contribution in [0.2, 0.25) is 10.0 Å². The number of nitro groups is 1. The summed E-state index contributed by atoms with van der Waals surface area (Å²) in [4.78, 5) is 44.9. The van der Waals surface area contributed by atoms with Gasteiger partial charge in [0, 0.05) is 24.5 Å². The van der Waals surface area contributed by atoms with Gasteiger partial charge in [-0.15, -0.1) is 0 Å². The fraction of sp³-hybridized carbons (Fsp3) is 0.100. The molecule has 1 amide bonds. The SMILES string of the molecule is O=C(CC(=O)N(Cc1ccc(Cl)c(Cl)c1)c1cccc([N+](=O)[O-])c1)c1ncccn1. The molecule has 3 rings (SSSR count). The second kappa shape index (κ2) is 9.43. The number of ketones is 1. The van der Waals surface area contributed by atoms with Crippen molar-refractivity contribution in [1.82, 2.24) is 9.97 Å². The Balaban J connectivity index is 1.92. The average molecular weight is 445 g/mol. The number of hydrogen-bond donors (Lipinski definition) is 0. The maximum absolute atomic E-state index is 13.0. The number of aromatic nitrogens is 2. The molecular formula is C20H14Cl2N4O4. The Kier molecular flexibility index (Phi) is 6.71. The van der Waals surface area contributed by atoms with Crippen molar-refractivity contribution in [2.75, 3.05) is 4.90 Å². The van der Waals surface area contributed by atoms with Crippen LogP contribution in [-0.2, 0) is 11.3 Å². The van der Waals surface area contributed by atoms with E-state index in [1.807, 2.05) is 0 Å². The number of halogens is 2. The van der Waals surface area contributed by atoms with Crippen molar-refractivity contribution >= 4 is 46.3 Å². The molecule has 0 aliphatic carbocycles. The Morgan fingerprint density at radius 1 is 1.00 bits per heavy atom. The van der Waals surface area contributed by atoms with Crippen molar-refractivity contribution in [3.8, 4) is 0 Å². The first kappa shape index (κ1) is 21.4. The minimum atomic E-state index is -0.570. The summed E-state index contributed by atoms with van der Waals surface area (Å²) in [7, 11) is 0. The first-order chi connectivity index (χ1) is 14.3. The molecule has 0 aliphatic heterocycles. The number of benzene rings is 2. The topological polar surface area (TPSA) is 106 Å². The van der Waals surface area contributed by atoms with Crippen molar-refractivity contribution in [3.05, 3.63) is 92.5 Å². The Hall–Kier alpha value is -3.36. The van der Waals surface area contributed by atoms with E-state index in [1.165, 1.54) is 35.5 Å². The van der Waals surface area contributed by atoms with Gasteiger partial charge < -0.3 is 4.90 Å². The summed E-state index contributed by atoms with van der Waals surface area (Å²) in [5.41, 5.74) is 0.715. The lowest BCUT2D eigenvalue weighted by Crippen LogP contribution is -2.32. The summed E-state index contributed by atoms with van der Waals surface area (Å²) in [5.74, 6) is -1.22. The highest BCUT2D eigenvalue weighted by molar-refractivity contribution is 6.42. The van der Waals surface area contributed by atoms with Crippen LogP contribution in [0, 0.1) is 10.1 Å². The molecule has 152 valence electrons. The van der Waals surface area contributed by atoms with E-state index in [1.54, 1.807) is 30.3 Å². The number of nitrogens with zero attached hydrogens (tertiary/aromatic N) is 4. The molecule has 0 spiro atoms. The van der Waals surface area contributed by atoms with Crippen molar-refractivity contribution in [2.45, 2.75) is 13.0 Å². The molecule has 1 heterocycles. The highest BCUT2D eigenvalue weighted by Gasteiger charge is 2.23. The molecule has 0 unspecified atom stereocenters. The van der Waals surface area contributed by atoms with Gasteiger partial charge in [-0.2, -0.15) is 0 Å². The predicted octanol–water partition coefficient (Wildman–Crippen LogP) is 4.50. The fourth-order valence-corrected chi connectivity index (χ4v) is 2.99. The highest BCUT2D eigenvalue weighted by atomic mass is 35.5. The number of hydrogen-bond acceptors (Lipinski definition) is 6. The standard InChI is InChI=1S/C20H14Cl2N4O4/c21-16-6-5-13(9-17(16)22)12-25(14-3-1-4-15(10-14)26(29)30)19(28)11-18(27)20-23-7-2-8-24-20/h1-10H,11-12H2. The molecule has 10 heteroatoms. The minimum absolute atomic E-state index is 0.0276. The third kappa shape index (κ3) is 5.16. The molecule has 30 heavy (non-hydrogen) atoms. The van der Waals surface area contributed by atoms with Crippen molar-refractivity contribution in [2.24, 2.45) is 0 Å². The van der Waals surface area contributed by atoms with Crippen molar-refractivity contribution in [3.63, 3.8) is 0 Å². The van der Waals surface area contributed by atoms with Gasteiger partial charge in [-0.3, -0.25) is 19.7 Å². The monoisotopic (exact) mass is 444 g/mol. The van der Waals surface area contributed by atoms with Gasteiger partial charge in [0.25, 0.3) is 5.69 Å². The van der Waals surface area contributed by atoms with E-state index in [9.17, 15) is 19.7 Å². The van der Waals surface area contributed by atoms with Gasteiger partial charge in [-0.05, 0) is 29.8 Å². The quantitative estimate of drug-likeness (QED) is 0.230. The second-order valence-electron chi connectivity index (χ2n) is 6.18. The zero-order chi connectivity index (χ0) is 21.7. The molecule has 0 atom stereocenters. The van der Waals surface area contributed by atoms with Gasteiger partial charge in [0.1, 0.15) is 0 Å². The van der Waals surface area contributed by atoms with Crippen LogP contribution < -0.4 is 4.90 Å². The lowest BCUT2D eigenvalue weighted by Gasteiger charge is -2.23. The molecule has 0 radical (unpaired) electrons. The molecule has 0 saturated heterocycles. The van der Waals surface area contributed by atoms with Crippen LogP contribution in [0.4, 0.5) is 11.4 Å². The largest absolute Gasteiger partial charge is 0.307 e. The number of nitro benzene ring substituents is 1. The average Bonchev–Trinajstić information content (AvgIpc) is 2.75. The summed E-state index contributed by atoms with van der Waals surface area (Å²) in [5, 5.41) is 11.8. The normalized spacial score (nSPS) is 10.5. The number of amides is 1. The second-order valence-corrected chi connectivity index (χ2v) is 6.99. The van der Waals surface area contributed by atoms with Gasteiger partial charge in [0.15, 0.2) is 5.82 Å². The zero-order valence-electron chi connectivity index (χ0n) is 15.4. The maximum atomic E-state index is 13.0. The van der Waals surface area contributed by atoms with Crippen LogP contribution in [0.3, 0.4) is 0 Å². The van der Waals surface area contributed by atoms with Gasteiger partial charge in [-0.25, -0.2) is 9.97 Å². The van der Waals surface area contributed by atoms with Gasteiger partial charge in [0.2, 0.25) is 11.7 Å². The maximum Gasteiger partial charge on any atom is 0.271 e. The molecule has 3 aromatic rings. The molecule has 2 aromatic carbocycles. The Morgan fingerprint density at radius 2 is 1.73 bits per heavy atom. The van der Waals surface area contributed by atoms with E-state index in [4.69, 9.17) is 23.2 Å². The Bertz CT molecular complexity index is 1110. The number of Topliss-reactive ketones (excluding diaryl/α,β-unsaturated/α-hetero) is 1. The third-order valence-electron chi connectivity index (χ3n) is 4.10. The molecule has 0 N–H and O–H groups in total. The van der Waals surface area contributed by atoms with Crippen LogP contribution in [0.1, 0.15) is 22.6 Å². The lowest BCUT2D eigenvalue weighted by atomic mass is 10.1. The van der Waals surface area contributed by atoms with E-state index in [0.29, 0.717) is 15.6 Å². The molecule has 0 bridgehead atoms. The molecular weight excluding hydrogens is 431 g/mol. The van der Waals surface area contributed by atoms with E-state index in [-0.39, 0.29) is 23.7 Å². The number of rotatable bonds is 7. The van der Waals surface area contributed by atoms with Crippen molar-refractivity contribution < 1.29 is 14.5 Å². The third-order valence-corrected chi connectivity index (χ3v) is 4.84. The predicted molar refractivity (Wildman–Crippen MR) is 112 cm³/mol. The van der Waals surface area contributed by atoms with E-state index >= 15 is 0 Å². The number of carbonyl (C=O) groups is 2. The van der Waals surface area contributed by atoms with Crippen LogP contribution in [0.5, 0.6) is 0 Å². The fourth-order valence-electron chi connectivity index (χ4n) is 2.67. The molecule has 0 aliphatic rings.